The molecule has 0 aromatic heterocycles. The topological polar surface area (TPSA) is 77.1 Å². The molecule has 7 rings (SSSR count). The van der Waals surface area contributed by atoms with Crippen molar-refractivity contribution in [3.63, 3.8) is 0 Å². The molecule has 7 nitrogen and oxygen atoms in total. The highest BCUT2D eigenvalue weighted by molar-refractivity contribution is 6.11. The Hall–Kier alpha value is -4.00. The Bertz CT molecular complexity index is 1380. The second-order valence-electron chi connectivity index (χ2n) is 9.61. The van der Waals surface area contributed by atoms with Gasteiger partial charge in [0, 0.05) is 28.9 Å². The molecule has 35 heavy (non-hydrogen) atoms. The average molecular weight is 469 g/mol. The van der Waals surface area contributed by atoms with Crippen molar-refractivity contribution in [3.05, 3.63) is 82.9 Å². The Balaban J connectivity index is 1.24. The van der Waals surface area contributed by atoms with Crippen LogP contribution in [0.2, 0.25) is 0 Å². The van der Waals surface area contributed by atoms with Crippen LogP contribution in [0.15, 0.2) is 60.7 Å². The zero-order valence-corrected chi connectivity index (χ0v) is 19.1. The van der Waals surface area contributed by atoms with Crippen LogP contribution in [0.3, 0.4) is 0 Å². The Morgan fingerprint density at radius 3 is 2.60 bits per heavy atom. The molecule has 7 heteroatoms. The van der Waals surface area contributed by atoms with E-state index < -0.39 is 5.41 Å². The van der Waals surface area contributed by atoms with E-state index in [1.165, 1.54) is 0 Å². The monoisotopic (exact) mass is 468 g/mol. The Labute approximate surface area is 202 Å². The summed E-state index contributed by atoms with van der Waals surface area (Å²) < 4.78 is 17.2. The smallest absolute Gasteiger partial charge is 0.251 e. The lowest BCUT2D eigenvalue weighted by atomic mass is 9.77. The van der Waals surface area contributed by atoms with Crippen molar-refractivity contribution in [2.45, 2.75) is 37.3 Å². The molecule has 1 atom stereocenters. The molecular weight excluding hydrogens is 444 g/mol. The van der Waals surface area contributed by atoms with Crippen LogP contribution >= 0.6 is 0 Å². The highest BCUT2D eigenvalue weighted by Gasteiger charge is 2.57. The summed E-state index contributed by atoms with van der Waals surface area (Å²) >= 11 is 0. The first kappa shape index (κ1) is 20.4. The molecule has 1 unspecified atom stereocenters. The summed E-state index contributed by atoms with van der Waals surface area (Å²) in [6, 6.07) is 19.4. The minimum Gasteiger partial charge on any atom is -0.491 e. The van der Waals surface area contributed by atoms with Crippen molar-refractivity contribution in [1.82, 2.24) is 5.32 Å². The number of hydrogen-bond donors (Lipinski definition) is 1. The number of anilines is 1. The summed E-state index contributed by atoms with van der Waals surface area (Å²) in [5, 5.41) is 3.09. The predicted octanol–water partition coefficient (Wildman–Crippen LogP) is 3.92. The van der Waals surface area contributed by atoms with E-state index in [0.29, 0.717) is 29.4 Å². The van der Waals surface area contributed by atoms with Crippen LogP contribution < -0.4 is 24.4 Å². The molecule has 3 heterocycles. The molecule has 3 aliphatic heterocycles. The number of ether oxygens (including phenoxy) is 3. The van der Waals surface area contributed by atoms with Gasteiger partial charge in [0.05, 0.1) is 6.54 Å². The molecular formula is C28H24N2O5. The van der Waals surface area contributed by atoms with E-state index in [1.54, 1.807) is 4.90 Å². The molecule has 1 N–H and O–H groups in total. The Kier molecular flexibility index (Phi) is 4.37. The lowest BCUT2D eigenvalue weighted by Crippen LogP contribution is -2.42. The van der Waals surface area contributed by atoms with Crippen LogP contribution in [0.1, 0.15) is 46.3 Å². The first-order valence-corrected chi connectivity index (χ1v) is 12.0. The van der Waals surface area contributed by atoms with E-state index in [2.05, 4.69) is 5.32 Å². The van der Waals surface area contributed by atoms with Gasteiger partial charge < -0.3 is 24.4 Å². The summed E-state index contributed by atoms with van der Waals surface area (Å²) in [7, 11) is 0. The number of fused-ring (bicyclic) bond motifs is 5. The fourth-order valence-electron chi connectivity index (χ4n) is 5.54. The first-order valence-electron chi connectivity index (χ1n) is 12.0. The number of carbonyl (C=O) groups is 2. The molecule has 1 aliphatic carbocycles. The maximum absolute atomic E-state index is 14.2. The number of amides is 2. The van der Waals surface area contributed by atoms with E-state index in [0.717, 1.165) is 41.6 Å². The molecule has 2 amide bonds. The summed E-state index contributed by atoms with van der Waals surface area (Å²) in [5.41, 5.74) is 3.15. The van der Waals surface area contributed by atoms with Crippen LogP contribution in [-0.2, 0) is 16.8 Å². The summed E-state index contributed by atoms with van der Waals surface area (Å²) in [6.07, 6.45) is 3.24. The molecule has 1 saturated carbocycles. The van der Waals surface area contributed by atoms with Crippen molar-refractivity contribution >= 4 is 17.5 Å². The van der Waals surface area contributed by atoms with Gasteiger partial charge in [0.2, 0.25) is 12.7 Å². The number of hydrogen-bond acceptors (Lipinski definition) is 5. The zero-order chi connectivity index (χ0) is 23.6. The fraction of sp³-hybridized carbons (Fsp3) is 0.286. The second-order valence-corrected chi connectivity index (χ2v) is 9.61. The van der Waals surface area contributed by atoms with Gasteiger partial charge in [0.15, 0.2) is 11.5 Å². The van der Waals surface area contributed by atoms with Crippen LogP contribution in [0.4, 0.5) is 5.69 Å². The van der Waals surface area contributed by atoms with Gasteiger partial charge in [-0.05, 0) is 54.7 Å². The molecule has 176 valence electrons. The Morgan fingerprint density at radius 2 is 1.77 bits per heavy atom. The third-order valence-corrected chi connectivity index (χ3v) is 7.61. The molecule has 3 aromatic carbocycles. The van der Waals surface area contributed by atoms with Gasteiger partial charge in [-0.1, -0.05) is 30.3 Å². The number of para-hydroxylation sites is 1. The maximum Gasteiger partial charge on any atom is 0.251 e. The molecule has 0 radical (unpaired) electrons. The van der Waals surface area contributed by atoms with Crippen LogP contribution in [0, 0.1) is 0 Å². The fourth-order valence-corrected chi connectivity index (χ4v) is 5.54. The normalized spacial score (nSPS) is 21.5. The van der Waals surface area contributed by atoms with Crippen LogP contribution in [0.5, 0.6) is 17.2 Å². The van der Waals surface area contributed by atoms with Crippen molar-refractivity contribution < 1.29 is 23.8 Å². The highest BCUT2D eigenvalue weighted by atomic mass is 16.7. The number of nitrogens with one attached hydrogen (secondary N) is 1. The minimum atomic E-state index is -0.938. The third-order valence-electron chi connectivity index (χ3n) is 7.61. The first-order chi connectivity index (χ1) is 17.1. The van der Waals surface area contributed by atoms with E-state index in [9.17, 15) is 9.59 Å². The van der Waals surface area contributed by atoms with Crippen molar-refractivity contribution in [2.24, 2.45) is 0 Å². The minimum absolute atomic E-state index is 0.0411. The van der Waals surface area contributed by atoms with Gasteiger partial charge in [-0.25, -0.2) is 0 Å². The van der Waals surface area contributed by atoms with Gasteiger partial charge in [0.25, 0.3) is 5.91 Å². The molecule has 1 spiro atoms. The number of benzene rings is 3. The van der Waals surface area contributed by atoms with E-state index in [-0.39, 0.29) is 31.3 Å². The SMILES string of the molecule is O=C(NC1CCC1)c1cccc(CN2C(=O)C3(COc4cc5c(cc43)OCO5)c3ccccc32)c1. The quantitative estimate of drug-likeness (QED) is 0.628. The summed E-state index contributed by atoms with van der Waals surface area (Å²) in [6.45, 7) is 0.746. The van der Waals surface area contributed by atoms with Crippen molar-refractivity contribution in [1.29, 1.82) is 0 Å². The second kappa shape index (κ2) is 7.50. The predicted molar refractivity (Wildman–Crippen MR) is 128 cm³/mol. The zero-order valence-electron chi connectivity index (χ0n) is 19.1. The third kappa shape index (κ3) is 2.97. The summed E-state index contributed by atoms with van der Waals surface area (Å²) in [5.74, 6) is 1.81. The van der Waals surface area contributed by atoms with Gasteiger partial charge >= 0.3 is 0 Å². The van der Waals surface area contributed by atoms with Gasteiger partial charge in [-0.15, -0.1) is 0 Å². The van der Waals surface area contributed by atoms with E-state index >= 15 is 0 Å². The van der Waals surface area contributed by atoms with E-state index in [1.807, 2.05) is 60.7 Å². The summed E-state index contributed by atoms with van der Waals surface area (Å²) in [4.78, 5) is 28.7. The average Bonchev–Trinajstić information content (AvgIpc) is 3.53. The van der Waals surface area contributed by atoms with Gasteiger partial charge in [-0.3, -0.25) is 9.59 Å². The molecule has 3 aromatic rings. The maximum atomic E-state index is 14.2. The van der Waals surface area contributed by atoms with E-state index in [4.69, 9.17) is 14.2 Å². The number of nitrogens with zero attached hydrogens (tertiary/aromatic N) is 1. The molecule has 4 aliphatic rings. The van der Waals surface area contributed by atoms with Crippen molar-refractivity contribution in [2.75, 3.05) is 18.3 Å². The Morgan fingerprint density at radius 1 is 0.943 bits per heavy atom. The number of rotatable bonds is 4. The standard InChI is InChI=1S/C28H24N2O5/c31-26(29-19-7-4-8-19)18-6-3-5-17(11-18)14-30-22-10-2-1-9-20(22)28(27(30)32)15-33-23-13-25-24(12-21(23)28)34-16-35-25/h1-3,5-6,9-13,19H,4,7-8,14-16H2,(H,29,31). The molecule has 0 saturated heterocycles. The van der Waals surface area contributed by atoms with Gasteiger partial charge in [-0.2, -0.15) is 0 Å². The molecule has 1 fully saturated rings. The van der Waals surface area contributed by atoms with Gasteiger partial charge in [0.1, 0.15) is 17.8 Å². The lowest BCUT2D eigenvalue weighted by molar-refractivity contribution is -0.122. The van der Waals surface area contributed by atoms with Crippen LogP contribution in [-0.4, -0.2) is 31.3 Å². The highest BCUT2D eigenvalue weighted by Crippen LogP contribution is 2.55. The molecule has 0 bridgehead atoms. The van der Waals surface area contributed by atoms with Crippen LogP contribution in [0.25, 0.3) is 0 Å². The number of carbonyl (C=O) groups excluding carboxylic acids is 2. The van der Waals surface area contributed by atoms with Crippen molar-refractivity contribution in [3.8, 4) is 17.2 Å². The lowest BCUT2D eigenvalue weighted by Gasteiger charge is -2.26. The largest absolute Gasteiger partial charge is 0.491 e.